The molecule has 19 heavy (non-hydrogen) atoms. The van der Waals surface area contributed by atoms with Crippen LogP contribution < -0.4 is 10.1 Å². The maximum absolute atomic E-state index is 11.5. The number of benzene rings is 1. The number of amides is 1. The average molecular weight is 395 g/mol. The van der Waals surface area contributed by atoms with Crippen LogP contribution in [0.25, 0.3) is 0 Å². The molecule has 0 saturated heterocycles. The van der Waals surface area contributed by atoms with Gasteiger partial charge in [-0.25, -0.2) is 4.79 Å². The second kappa shape index (κ2) is 7.49. The Labute approximate surface area is 127 Å². The molecule has 0 aliphatic rings. The number of hydrogen-bond acceptors (Lipinski definition) is 3. The molecule has 1 atom stereocenters. The first-order valence-electron chi connectivity index (χ1n) is 5.54. The summed E-state index contributed by atoms with van der Waals surface area (Å²) in [6.45, 7) is 1.45. The minimum absolute atomic E-state index is 0.232. The molecule has 1 amide bonds. The molecule has 0 spiro atoms. The summed E-state index contributed by atoms with van der Waals surface area (Å²) in [5.74, 6) is -1.01. The molecule has 0 fully saturated rings. The third-order valence-electron chi connectivity index (χ3n) is 2.29. The van der Waals surface area contributed by atoms with Crippen LogP contribution in [-0.2, 0) is 9.59 Å². The predicted molar refractivity (Wildman–Crippen MR) is 77.2 cm³/mol. The zero-order chi connectivity index (χ0) is 14.4. The number of ether oxygens (including phenoxy) is 1. The molecular formula is C12H13Br2NO4. The van der Waals surface area contributed by atoms with Crippen LogP contribution in [0.4, 0.5) is 0 Å². The molecule has 1 aromatic carbocycles. The van der Waals surface area contributed by atoms with Gasteiger partial charge in [-0.2, -0.15) is 0 Å². The lowest BCUT2D eigenvalue weighted by Crippen LogP contribution is -2.42. The third kappa shape index (κ3) is 5.20. The molecular weight excluding hydrogens is 382 g/mol. The van der Waals surface area contributed by atoms with Crippen LogP contribution in [0.3, 0.4) is 0 Å². The van der Waals surface area contributed by atoms with Gasteiger partial charge in [-0.15, -0.1) is 0 Å². The number of halogens is 2. The van der Waals surface area contributed by atoms with Gasteiger partial charge < -0.3 is 15.2 Å². The maximum atomic E-state index is 11.5. The number of aliphatic carboxylic acids is 1. The van der Waals surface area contributed by atoms with E-state index in [1.165, 1.54) is 0 Å². The first kappa shape index (κ1) is 16.0. The Balaban J connectivity index is 2.52. The van der Waals surface area contributed by atoms with E-state index in [0.29, 0.717) is 16.6 Å². The molecule has 0 aliphatic heterocycles. The van der Waals surface area contributed by atoms with Gasteiger partial charge in [-0.1, -0.05) is 22.9 Å². The largest absolute Gasteiger partial charge is 0.483 e. The van der Waals surface area contributed by atoms with Crippen LogP contribution in [-0.4, -0.2) is 29.6 Å². The zero-order valence-corrected chi connectivity index (χ0v) is 13.3. The van der Waals surface area contributed by atoms with Gasteiger partial charge in [0.05, 0.1) is 4.47 Å². The fourth-order valence-corrected chi connectivity index (χ4v) is 2.47. The number of rotatable bonds is 6. The van der Waals surface area contributed by atoms with E-state index in [4.69, 9.17) is 9.84 Å². The highest BCUT2D eigenvalue weighted by Gasteiger charge is 2.17. The normalized spacial score (nSPS) is 11.7. The van der Waals surface area contributed by atoms with Gasteiger partial charge in [0, 0.05) is 4.47 Å². The van der Waals surface area contributed by atoms with Crippen molar-refractivity contribution in [3.8, 4) is 5.75 Å². The fourth-order valence-electron chi connectivity index (χ4n) is 1.31. The number of carboxylic acids is 1. The van der Waals surface area contributed by atoms with E-state index in [1.54, 1.807) is 25.1 Å². The lowest BCUT2D eigenvalue weighted by Gasteiger charge is -2.13. The molecule has 1 rings (SSSR count). The van der Waals surface area contributed by atoms with Gasteiger partial charge >= 0.3 is 5.97 Å². The fraction of sp³-hybridized carbons (Fsp3) is 0.333. The lowest BCUT2D eigenvalue weighted by atomic mass is 10.2. The Kier molecular flexibility index (Phi) is 6.30. The Morgan fingerprint density at radius 2 is 2.11 bits per heavy atom. The van der Waals surface area contributed by atoms with Gasteiger partial charge in [0.1, 0.15) is 11.8 Å². The molecule has 1 aromatic rings. The summed E-state index contributed by atoms with van der Waals surface area (Å²) < 4.78 is 6.90. The molecule has 0 unspecified atom stereocenters. The van der Waals surface area contributed by atoms with Crippen molar-refractivity contribution >= 4 is 43.7 Å². The molecule has 7 heteroatoms. The first-order valence-corrected chi connectivity index (χ1v) is 7.12. The van der Waals surface area contributed by atoms with Crippen molar-refractivity contribution in [1.82, 2.24) is 5.32 Å². The van der Waals surface area contributed by atoms with Gasteiger partial charge in [-0.05, 0) is 40.5 Å². The van der Waals surface area contributed by atoms with E-state index in [2.05, 4.69) is 37.2 Å². The summed E-state index contributed by atoms with van der Waals surface area (Å²) in [6.07, 6.45) is 0.322. The molecule has 0 saturated carbocycles. The van der Waals surface area contributed by atoms with Gasteiger partial charge in [0.15, 0.2) is 6.61 Å². The number of carboxylic acid groups (broad SMARTS) is 1. The molecule has 0 aliphatic carbocycles. The van der Waals surface area contributed by atoms with Crippen molar-refractivity contribution in [2.45, 2.75) is 19.4 Å². The predicted octanol–water partition coefficient (Wildman–Crippen LogP) is 2.57. The summed E-state index contributed by atoms with van der Waals surface area (Å²) >= 11 is 6.61. The zero-order valence-electron chi connectivity index (χ0n) is 10.2. The summed E-state index contributed by atoms with van der Waals surface area (Å²) in [5.41, 5.74) is 0. The molecule has 0 radical (unpaired) electrons. The Bertz CT molecular complexity index is 479. The van der Waals surface area contributed by atoms with E-state index < -0.39 is 17.9 Å². The van der Waals surface area contributed by atoms with Crippen molar-refractivity contribution < 1.29 is 19.4 Å². The minimum Gasteiger partial charge on any atom is -0.483 e. The summed E-state index contributed by atoms with van der Waals surface area (Å²) in [7, 11) is 0. The van der Waals surface area contributed by atoms with Gasteiger partial charge in [0.2, 0.25) is 0 Å². The van der Waals surface area contributed by atoms with Crippen LogP contribution in [0.5, 0.6) is 5.75 Å². The Morgan fingerprint density at radius 3 is 2.63 bits per heavy atom. The number of nitrogens with one attached hydrogen (secondary N) is 1. The van der Waals surface area contributed by atoms with E-state index >= 15 is 0 Å². The summed E-state index contributed by atoms with van der Waals surface area (Å²) in [4.78, 5) is 22.3. The Hall–Kier alpha value is -1.08. The summed E-state index contributed by atoms with van der Waals surface area (Å²) in [5, 5.41) is 11.2. The average Bonchev–Trinajstić information content (AvgIpc) is 2.34. The summed E-state index contributed by atoms with van der Waals surface area (Å²) in [6, 6.07) is 4.39. The van der Waals surface area contributed by atoms with Crippen molar-refractivity contribution in [2.24, 2.45) is 0 Å². The monoisotopic (exact) mass is 393 g/mol. The van der Waals surface area contributed by atoms with Crippen LogP contribution in [0.1, 0.15) is 13.3 Å². The van der Waals surface area contributed by atoms with Crippen molar-refractivity contribution in [1.29, 1.82) is 0 Å². The molecule has 2 N–H and O–H groups in total. The van der Waals surface area contributed by atoms with Gasteiger partial charge in [0.25, 0.3) is 5.91 Å². The minimum atomic E-state index is -1.05. The quantitative estimate of drug-likeness (QED) is 0.777. The standard InChI is InChI=1S/C12H13Br2NO4/c1-2-9(12(17)18)15-11(16)6-19-10-4-3-7(13)5-8(10)14/h3-5,9H,2,6H2,1H3,(H,15,16)(H,17,18)/t9-/m0/s1. The molecule has 0 aromatic heterocycles. The van der Waals surface area contributed by atoms with Crippen LogP contribution in [0.2, 0.25) is 0 Å². The second-order valence-corrected chi connectivity index (χ2v) is 5.50. The van der Waals surface area contributed by atoms with Crippen molar-refractivity contribution in [3.05, 3.63) is 27.1 Å². The van der Waals surface area contributed by atoms with Crippen molar-refractivity contribution in [2.75, 3.05) is 6.61 Å². The second-order valence-electron chi connectivity index (χ2n) is 3.73. The SMILES string of the molecule is CC[C@H](NC(=O)COc1ccc(Br)cc1Br)C(=O)O. The molecule has 5 nitrogen and oxygen atoms in total. The molecule has 104 valence electrons. The lowest BCUT2D eigenvalue weighted by molar-refractivity contribution is -0.142. The highest BCUT2D eigenvalue weighted by molar-refractivity contribution is 9.11. The maximum Gasteiger partial charge on any atom is 0.326 e. The van der Waals surface area contributed by atoms with Gasteiger partial charge in [-0.3, -0.25) is 4.79 Å². The van der Waals surface area contributed by atoms with Crippen LogP contribution in [0.15, 0.2) is 27.1 Å². The number of carbonyl (C=O) groups excluding carboxylic acids is 1. The Morgan fingerprint density at radius 1 is 1.42 bits per heavy atom. The van der Waals surface area contributed by atoms with Crippen molar-refractivity contribution in [3.63, 3.8) is 0 Å². The van der Waals surface area contributed by atoms with E-state index in [-0.39, 0.29) is 6.61 Å². The van der Waals surface area contributed by atoms with Crippen LogP contribution >= 0.6 is 31.9 Å². The number of hydrogen-bond donors (Lipinski definition) is 2. The smallest absolute Gasteiger partial charge is 0.326 e. The van der Waals surface area contributed by atoms with E-state index in [0.717, 1.165) is 4.47 Å². The topological polar surface area (TPSA) is 75.6 Å². The van der Waals surface area contributed by atoms with E-state index in [9.17, 15) is 9.59 Å². The number of carbonyl (C=O) groups is 2. The third-order valence-corrected chi connectivity index (χ3v) is 3.41. The van der Waals surface area contributed by atoms with Crippen LogP contribution in [0, 0.1) is 0 Å². The first-order chi connectivity index (χ1) is 8.93. The molecule has 0 bridgehead atoms. The highest BCUT2D eigenvalue weighted by Crippen LogP contribution is 2.28. The van der Waals surface area contributed by atoms with E-state index in [1.807, 2.05) is 0 Å². The molecule has 0 heterocycles. The highest BCUT2D eigenvalue weighted by atomic mass is 79.9.